The first-order valence-electron chi connectivity index (χ1n) is 11.5. The first-order valence-corrected chi connectivity index (χ1v) is 12.8. The van der Waals surface area contributed by atoms with Crippen LogP contribution in [0.5, 0.6) is 0 Å². The SMILES string of the molecule is CCCCCCCCCCCCS(=O)/C(=C/c1ccccc1)Cc1ccccc1. The number of hydrogen-bond acceptors (Lipinski definition) is 1. The van der Waals surface area contributed by atoms with Crippen LogP contribution in [-0.4, -0.2) is 9.96 Å². The Balaban J connectivity index is 1.76. The largest absolute Gasteiger partial charge is 0.255 e. The molecule has 0 N–H and O–H groups in total. The lowest BCUT2D eigenvalue weighted by molar-refractivity contribution is 0.562. The Hall–Kier alpha value is -1.67. The molecule has 29 heavy (non-hydrogen) atoms. The van der Waals surface area contributed by atoms with E-state index in [9.17, 15) is 4.21 Å². The van der Waals surface area contributed by atoms with Crippen LogP contribution in [0, 0.1) is 0 Å². The lowest BCUT2D eigenvalue weighted by Gasteiger charge is -2.09. The van der Waals surface area contributed by atoms with Gasteiger partial charge in [-0.1, -0.05) is 125 Å². The highest BCUT2D eigenvalue weighted by atomic mass is 32.2. The van der Waals surface area contributed by atoms with Gasteiger partial charge in [0, 0.05) is 27.9 Å². The number of hydrogen-bond donors (Lipinski definition) is 0. The van der Waals surface area contributed by atoms with Crippen molar-refractivity contribution in [1.29, 1.82) is 0 Å². The highest BCUT2D eigenvalue weighted by Gasteiger charge is 2.09. The van der Waals surface area contributed by atoms with Crippen molar-refractivity contribution in [1.82, 2.24) is 0 Å². The highest BCUT2D eigenvalue weighted by Crippen LogP contribution is 2.18. The van der Waals surface area contributed by atoms with Crippen molar-refractivity contribution >= 4 is 16.9 Å². The second-order valence-electron chi connectivity index (χ2n) is 7.92. The summed E-state index contributed by atoms with van der Waals surface area (Å²) in [4.78, 5) is 1.04. The minimum atomic E-state index is -0.910. The summed E-state index contributed by atoms with van der Waals surface area (Å²) in [5.74, 6) is 0.780. The molecule has 0 aliphatic carbocycles. The van der Waals surface area contributed by atoms with Crippen LogP contribution in [0.15, 0.2) is 65.6 Å². The van der Waals surface area contributed by atoms with Crippen molar-refractivity contribution in [2.24, 2.45) is 0 Å². The molecule has 2 heteroatoms. The van der Waals surface area contributed by atoms with Gasteiger partial charge in [0.25, 0.3) is 0 Å². The van der Waals surface area contributed by atoms with Gasteiger partial charge in [-0.05, 0) is 23.6 Å². The van der Waals surface area contributed by atoms with Crippen LogP contribution < -0.4 is 0 Å². The van der Waals surface area contributed by atoms with E-state index in [0.29, 0.717) is 0 Å². The molecular weight excluding hydrogens is 372 g/mol. The normalized spacial score (nSPS) is 12.8. The molecule has 1 nitrogen and oxygen atoms in total. The zero-order valence-corrected chi connectivity index (χ0v) is 19.0. The molecule has 0 radical (unpaired) electrons. The van der Waals surface area contributed by atoms with Crippen LogP contribution in [0.4, 0.5) is 0 Å². The summed E-state index contributed by atoms with van der Waals surface area (Å²) >= 11 is 0. The molecule has 2 aromatic carbocycles. The number of allylic oxidation sites excluding steroid dienone is 1. The van der Waals surface area contributed by atoms with E-state index in [0.717, 1.165) is 29.1 Å². The highest BCUT2D eigenvalue weighted by molar-refractivity contribution is 7.89. The molecule has 0 aliphatic rings. The summed E-state index contributed by atoms with van der Waals surface area (Å²) in [5.41, 5.74) is 2.36. The van der Waals surface area contributed by atoms with Crippen LogP contribution in [0.2, 0.25) is 0 Å². The molecule has 2 rings (SSSR count). The Kier molecular flexibility index (Phi) is 12.4. The summed E-state index contributed by atoms with van der Waals surface area (Å²) < 4.78 is 13.0. The van der Waals surface area contributed by atoms with E-state index in [1.54, 1.807) is 0 Å². The molecule has 0 saturated carbocycles. The number of unbranched alkanes of at least 4 members (excludes halogenated alkanes) is 9. The number of benzene rings is 2. The van der Waals surface area contributed by atoms with Gasteiger partial charge in [-0.15, -0.1) is 0 Å². The maximum atomic E-state index is 13.0. The van der Waals surface area contributed by atoms with E-state index in [-0.39, 0.29) is 0 Å². The molecule has 0 fully saturated rings. The Morgan fingerprint density at radius 2 is 1.24 bits per heavy atom. The molecule has 158 valence electrons. The molecule has 0 saturated heterocycles. The van der Waals surface area contributed by atoms with Gasteiger partial charge in [0.1, 0.15) is 0 Å². The van der Waals surface area contributed by atoms with E-state index in [1.165, 1.54) is 63.4 Å². The van der Waals surface area contributed by atoms with Crippen LogP contribution >= 0.6 is 0 Å². The standard InChI is InChI=1S/C27H38OS/c1-2-3-4-5-6-7-8-9-10-17-22-29(28)27(23-25-18-13-11-14-19-25)24-26-20-15-12-16-21-26/h11-16,18-21,23H,2-10,17,22,24H2,1H3/b27-23+. The minimum absolute atomic E-state index is 0.764. The van der Waals surface area contributed by atoms with Gasteiger partial charge in [0.15, 0.2) is 0 Å². The van der Waals surface area contributed by atoms with Gasteiger partial charge in [0.05, 0.1) is 0 Å². The Bertz CT molecular complexity index is 706. The fourth-order valence-corrected chi connectivity index (χ4v) is 4.90. The Morgan fingerprint density at radius 1 is 0.724 bits per heavy atom. The van der Waals surface area contributed by atoms with Crippen LogP contribution in [0.25, 0.3) is 6.08 Å². The topological polar surface area (TPSA) is 17.1 Å². The van der Waals surface area contributed by atoms with Crippen LogP contribution in [-0.2, 0) is 17.2 Å². The first-order chi connectivity index (χ1) is 14.3. The molecule has 0 aliphatic heterocycles. The molecule has 1 unspecified atom stereocenters. The van der Waals surface area contributed by atoms with E-state index in [4.69, 9.17) is 0 Å². The molecule has 0 aromatic heterocycles. The third-order valence-electron chi connectivity index (χ3n) is 5.32. The lowest BCUT2D eigenvalue weighted by Crippen LogP contribution is -2.04. The second-order valence-corrected chi connectivity index (χ2v) is 9.54. The predicted molar refractivity (Wildman–Crippen MR) is 129 cm³/mol. The van der Waals surface area contributed by atoms with Crippen LogP contribution in [0.3, 0.4) is 0 Å². The smallest absolute Gasteiger partial charge is 0.0491 e. The van der Waals surface area contributed by atoms with Gasteiger partial charge in [-0.25, -0.2) is 0 Å². The molecular formula is C27H38OS. The Morgan fingerprint density at radius 3 is 1.83 bits per heavy atom. The van der Waals surface area contributed by atoms with Crippen molar-refractivity contribution in [3.8, 4) is 0 Å². The van der Waals surface area contributed by atoms with E-state index < -0.39 is 10.8 Å². The summed E-state index contributed by atoms with van der Waals surface area (Å²) in [5, 5.41) is 0. The molecule has 2 aromatic rings. The maximum Gasteiger partial charge on any atom is 0.0491 e. The summed E-state index contributed by atoms with van der Waals surface area (Å²) in [7, 11) is -0.910. The van der Waals surface area contributed by atoms with Gasteiger partial charge in [-0.2, -0.15) is 0 Å². The molecule has 0 amide bonds. The van der Waals surface area contributed by atoms with Gasteiger partial charge < -0.3 is 0 Å². The third-order valence-corrected chi connectivity index (χ3v) is 6.83. The fourth-order valence-electron chi connectivity index (χ4n) is 3.58. The molecule has 0 bridgehead atoms. The van der Waals surface area contributed by atoms with E-state index in [2.05, 4.69) is 49.4 Å². The van der Waals surface area contributed by atoms with Crippen molar-refractivity contribution < 1.29 is 4.21 Å². The maximum absolute atomic E-state index is 13.0. The zero-order valence-electron chi connectivity index (χ0n) is 18.2. The van der Waals surface area contributed by atoms with Crippen molar-refractivity contribution in [2.75, 3.05) is 5.75 Å². The van der Waals surface area contributed by atoms with Gasteiger partial charge >= 0.3 is 0 Å². The zero-order chi connectivity index (χ0) is 20.6. The summed E-state index contributed by atoms with van der Waals surface area (Å²) in [6.45, 7) is 2.27. The fraction of sp³-hybridized carbons (Fsp3) is 0.481. The summed E-state index contributed by atoms with van der Waals surface area (Å²) in [6.07, 6.45) is 16.0. The second kappa shape index (κ2) is 15.2. The number of rotatable bonds is 15. The van der Waals surface area contributed by atoms with Gasteiger partial charge in [-0.3, -0.25) is 4.21 Å². The predicted octanol–water partition coefficient (Wildman–Crippen LogP) is 7.94. The lowest BCUT2D eigenvalue weighted by atomic mass is 10.1. The molecule has 0 heterocycles. The van der Waals surface area contributed by atoms with Gasteiger partial charge in [0.2, 0.25) is 0 Å². The average molecular weight is 411 g/mol. The van der Waals surface area contributed by atoms with Crippen LogP contribution in [0.1, 0.15) is 82.3 Å². The molecule has 0 spiro atoms. The average Bonchev–Trinajstić information content (AvgIpc) is 2.76. The quantitative estimate of drug-likeness (QED) is 0.272. The van der Waals surface area contributed by atoms with Crippen molar-refractivity contribution in [3.63, 3.8) is 0 Å². The van der Waals surface area contributed by atoms with E-state index in [1.807, 2.05) is 24.3 Å². The molecule has 1 atom stereocenters. The first kappa shape index (κ1) is 23.6. The summed E-state index contributed by atoms with van der Waals surface area (Å²) in [6, 6.07) is 20.7. The van der Waals surface area contributed by atoms with E-state index >= 15 is 0 Å². The third kappa shape index (κ3) is 10.6. The Labute approximate surface area is 181 Å². The minimum Gasteiger partial charge on any atom is -0.255 e. The monoisotopic (exact) mass is 410 g/mol. The van der Waals surface area contributed by atoms with Crippen molar-refractivity contribution in [2.45, 2.75) is 77.6 Å². The van der Waals surface area contributed by atoms with Crippen molar-refractivity contribution in [3.05, 3.63) is 76.7 Å².